The van der Waals surface area contributed by atoms with E-state index in [1.54, 1.807) is 0 Å². The van der Waals surface area contributed by atoms with Crippen molar-refractivity contribution in [2.24, 2.45) is 5.73 Å². The molecule has 0 fully saturated rings. The number of allylic oxidation sites excluding steroid dienone is 4. The number of phosphoric ester groups is 1. The maximum atomic E-state index is 12.5. The maximum Gasteiger partial charge on any atom is 0.472 e. The van der Waals surface area contributed by atoms with Gasteiger partial charge in [-0.2, -0.15) is 0 Å². The summed E-state index contributed by atoms with van der Waals surface area (Å²) >= 11 is 0. The number of hydrogen-bond donors (Lipinski definition) is 2. The van der Waals surface area contributed by atoms with Crippen LogP contribution in [-0.4, -0.2) is 49.9 Å². The molecule has 0 saturated heterocycles. The number of ether oxygens (including phenoxy) is 2. The second-order valence-electron chi connectivity index (χ2n) is 12.8. The van der Waals surface area contributed by atoms with Crippen LogP contribution in [0.25, 0.3) is 0 Å². The standard InChI is InChI=1S/C38H74NO7P/c1-3-5-7-9-11-13-15-16-17-18-19-20-22-24-26-28-30-33-43-35-37(36-45-47(41,42)44-34-32-39)46-38(40)31-29-27-25-23-21-14-12-10-8-6-4-2/h10,12,17-18,37H,3-9,11,13-16,19-36,39H2,1-2H3,(H,41,42)/b12-10-,18-17-. The molecule has 3 N–H and O–H groups in total. The largest absolute Gasteiger partial charge is 0.472 e. The van der Waals surface area contributed by atoms with Crippen molar-refractivity contribution in [3.8, 4) is 0 Å². The lowest BCUT2D eigenvalue weighted by atomic mass is 10.1. The summed E-state index contributed by atoms with van der Waals surface area (Å²) < 4.78 is 33.3. The quantitative estimate of drug-likeness (QED) is 0.0287. The topological polar surface area (TPSA) is 117 Å². The summed E-state index contributed by atoms with van der Waals surface area (Å²) in [7, 11) is -4.27. The van der Waals surface area contributed by atoms with E-state index in [9.17, 15) is 14.3 Å². The molecule has 0 amide bonds. The van der Waals surface area contributed by atoms with Crippen LogP contribution in [-0.2, 0) is 27.9 Å². The molecule has 2 atom stereocenters. The highest BCUT2D eigenvalue weighted by Crippen LogP contribution is 2.43. The molecule has 8 nitrogen and oxygen atoms in total. The van der Waals surface area contributed by atoms with Gasteiger partial charge in [0.15, 0.2) is 0 Å². The van der Waals surface area contributed by atoms with Crippen LogP contribution in [0.4, 0.5) is 0 Å². The van der Waals surface area contributed by atoms with Crippen molar-refractivity contribution in [2.75, 3.05) is 33.0 Å². The molecule has 0 aromatic rings. The van der Waals surface area contributed by atoms with Crippen molar-refractivity contribution in [1.82, 2.24) is 0 Å². The predicted octanol–water partition coefficient (Wildman–Crippen LogP) is 10.9. The Balaban J connectivity index is 4.06. The molecule has 0 aliphatic heterocycles. The van der Waals surface area contributed by atoms with Crippen molar-refractivity contribution in [1.29, 1.82) is 0 Å². The van der Waals surface area contributed by atoms with Crippen LogP contribution in [0.3, 0.4) is 0 Å². The van der Waals surface area contributed by atoms with E-state index in [0.29, 0.717) is 13.0 Å². The highest BCUT2D eigenvalue weighted by Gasteiger charge is 2.25. The molecule has 0 aliphatic carbocycles. The van der Waals surface area contributed by atoms with Crippen LogP contribution >= 0.6 is 7.82 Å². The summed E-state index contributed by atoms with van der Waals surface area (Å²) in [6.45, 7) is 4.86. The second kappa shape index (κ2) is 36.3. The molecule has 0 radical (unpaired) electrons. The van der Waals surface area contributed by atoms with Crippen LogP contribution < -0.4 is 5.73 Å². The van der Waals surface area contributed by atoms with Gasteiger partial charge in [0.05, 0.1) is 19.8 Å². The molecule has 0 heterocycles. The Hall–Kier alpha value is -1.02. The van der Waals surface area contributed by atoms with Gasteiger partial charge in [0.2, 0.25) is 0 Å². The van der Waals surface area contributed by atoms with Gasteiger partial charge in [-0.25, -0.2) is 4.57 Å². The smallest absolute Gasteiger partial charge is 0.457 e. The van der Waals surface area contributed by atoms with Crippen LogP contribution in [0, 0.1) is 0 Å². The third-order valence-corrected chi connectivity index (χ3v) is 9.08. The van der Waals surface area contributed by atoms with Crippen molar-refractivity contribution in [3.63, 3.8) is 0 Å². The molecule has 0 saturated carbocycles. The third kappa shape index (κ3) is 36.1. The van der Waals surface area contributed by atoms with E-state index in [-0.39, 0.29) is 32.3 Å². The first-order chi connectivity index (χ1) is 22.9. The molecule has 0 aliphatic rings. The Morgan fingerprint density at radius 3 is 1.62 bits per heavy atom. The van der Waals surface area contributed by atoms with Crippen molar-refractivity contribution in [3.05, 3.63) is 24.3 Å². The van der Waals surface area contributed by atoms with E-state index >= 15 is 0 Å². The zero-order valence-corrected chi connectivity index (χ0v) is 31.4. The number of carbonyl (C=O) groups is 1. The molecule has 0 aromatic carbocycles. The van der Waals surface area contributed by atoms with Gasteiger partial charge in [-0.3, -0.25) is 13.8 Å². The monoisotopic (exact) mass is 688 g/mol. The summed E-state index contributed by atoms with van der Waals surface area (Å²) in [5.41, 5.74) is 5.35. The number of hydrogen-bond acceptors (Lipinski definition) is 7. The SMILES string of the molecule is CCCC/C=C\CCCCCCCC(=O)OC(COCCCCCCCC/C=C\CCCCCCCCC)COP(=O)(O)OCCN. The lowest BCUT2D eigenvalue weighted by molar-refractivity contribution is -0.154. The molecule has 0 rings (SSSR count). The van der Waals surface area contributed by atoms with E-state index < -0.39 is 13.9 Å². The molecule has 0 spiro atoms. The van der Waals surface area contributed by atoms with Gasteiger partial charge in [-0.15, -0.1) is 0 Å². The number of phosphoric acid groups is 1. The van der Waals surface area contributed by atoms with E-state index in [0.717, 1.165) is 44.9 Å². The number of carbonyl (C=O) groups excluding carboxylic acids is 1. The lowest BCUT2D eigenvalue weighted by Gasteiger charge is -2.20. The number of rotatable bonds is 37. The zero-order valence-electron chi connectivity index (χ0n) is 30.5. The maximum absolute atomic E-state index is 12.5. The fourth-order valence-electron chi connectivity index (χ4n) is 5.21. The summed E-state index contributed by atoms with van der Waals surface area (Å²) in [6.07, 6.45) is 37.6. The predicted molar refractivity (Wildman–Crippen MR) is 197 cm³/mol. The Kier molecular flexibility index (Phi) is 35.5. The van der Waals surface area contributed by atoms with E-state index in [1.807, 2.05) is 0 Å². The lowest BCUT2D eigenvalue weighted by Crippen LogP contribution is -2.28. The number of nitrogens with two attached hydrogens (primary N) is 1. The highest BCUT2D eigenvalue weighted by molar-refractivity contribution is 7.47. The Morgan fingerprint density at radius 2 is 1.09 bits per heavy atom. The Labute approximate surface area is 289 Å². The van der Waals surface area contributed by atoms with Crippen molar-refractivity contribution >= 4 is 13.8 Å². The third-order valence-electron chi connectivity index (χ3n) is 8.09. The molecular weight excluding hydrogens is 613 g/mol. The van der Waals surface area contributed by atoms with Crippen LogP contribution in [0.15, 0.2) is 24.3 Å². The van der Waals surface area contributed by atoms with Crippen molar-refractivity contribution in [2.45, 2.75) is 180 Å². The fourth-order valence-corrected chi connectivity index (χ4v) is 5.97. The summed E-state index contributed by atoms with van der Waals surface area (Å²) in [5.74, 6) is -0.343. The van der Waals surface area contributed by atoms with Gasteiger partial charge < -0.3 is 20.1 Å². The van der Waals surface area contributed by atoms with Gasteiger partial charge in [0, 0.05) is 19.6 Å². The Bertz CT molecular complexity index is 777. The number of unbranched alkanes of at least 4 members (excludes halogenated alkanes) is 20. The highest BCUT2D eigenvalue weighted by atomic mass is 31.2. The first kappa shape index (κ1) is 46.0. The molecular formula is C38H74NO7P. The molecule has 278 valence electrons. The summed E-state index contributed by atoms with van der Waals surface area (Å²) in [6, 6.07) is 0. The zero-order chi connectivity index (χ0) is 34.5. The minimum atomic E-state index is -4.27. The van der Waals surface area contributed by atoms with Gasteiger partial charge in [0.25, 0.3) is 0 Å². The average Bonchev–Trinajstić information content (AvgIpc) is 3.06. The van der Waals surface area contributed by atoms with E-state index in [2.05, 4.69) is 38.2 Å². The normalized spacial score (nSPS) is 13.9. The minimum absolute atomic E-state index is 0.0973. The van der Waals surface area contributed by atoms with Crippen molar-refractivity contribution < 1.29 is 32.8 Å². The molecule has 0 aromatic heterocycles. The molecule has 2 unspecified atom stereocenters. The van der Waals surface area contributed by atoms with Crippen LogP contribution in [0.5, 0.6) is 0 Å². The van der Waals surface area contributed by atoms with Crippen LogP contribution in [0.2, 0.25) is 0 Å². The molecule has 0 bridgehead atoms. The van der Waals surface area contributed by atoms with Gasteiger partial charge in [0.1, 0.15) is 6.10 Å². The van der Waals surface area contributed by atoms with Gasteiger partial charge >= 0.3 is 13.8 Å². The van der Waals surface area contributed by atoms with E-state index in [4.69, 9.17) is 24.3 Å². The first-order valence-electron chi connectivity index (χ1n) is 19.3. The van der Waals surface area contributed by atoms with Gasteiger partial charge in [-0.1, -0.05) is 134 Å². The van der Waals surface area contributed by atoms with Crippen LogP contribution in [0.1, 0.15) is 174 Å². The summed E-state index contributed by atoms with van der Waals surface area (Å²) in [4.78, 5) is 22.3. The number of esters is 1. The molecule has 9 heteroatoms. The van der Waals surface area contributed by atoms with E-state index in [1.165, 1.54) is 109 Å². The average molecular weight is 688 g/mol. The van der Waals surface area contributed by atoms with Gasteiger partial charge in [-0.05, 0) is 57.8 Å². The second-order valence-corrected chi connectivity index (χ2v) is 14.2. The fraction of sp³-hybridized carbons (Fsp3) is 0.868. The minimum Gasteiger partial charge on any atom is -0.457 e. The molecule has 47 heavy (non-hydrogen) atoms. The first-order valence-corrected chi connectivity index (χ1v) is 20.8. The Morgan fingerprint density at radius 1 is 0.617 bits per heavy atom. The summed E-state index contributed by atoms with van der Waals surface area (Å²) in [5, 5.41) is 0.